The lowest BCUT2D eigenvalue weighted by Crippen LogP contribution is -2.39. The van der Waals surface area contributed by atoms with E-state index in [0.717, 1.165) is 25.9 Å². The van der Waals surface area contributed by atoms with E-state index < -0.39 is 22.5 Å². The number of sulfonamides is 1. The van der Waals surface area contributed by atoms with E-state index in [1.807, 2.05) is 32.2 Å². The number of nitrogens with zero attached hydrogens (tertiary/aromatic N) is 2. The number of carbonyl (C=O) groups excluding carboxylic acids is 1. The SMILES string of the molecule is Cc1ccc(S(=O)(=O)N(CC(=O)N/N=C\c2sccc2C)c2ccc(C)c(Cl)c2)cc1. The van der Waals surface area contributed by atoms with E-state index in [1.165, 1.54) is 29.5 Å². The standard InChI is InChI=1S/C22H22ClN3O3S2/c1-15-4-8-19(9-5-15)31(28,29)26(18-7-6-16(2)20(23)12-18)14-22(27)25-24-13-21-17(3)10-11-30-21/h4-13H,14H2,1-3H3,(H,25,27)/b24-13-. The molecule has 6 nitrogen and oxygen atoms in total. The van der Waals surface area contributed by atoms with Crippen LogP contribution in [0.25, 0.3) is 0 Å². The Bertz CT molecular complexity index is 1220. The minimum absolute atomic E-state index is 0.0836. The van der Waals surface area contributed by atoms with Crippen LogP contribution in [0.2, 0.25) is 5.02 Å². The number of hydrogen-bond acceptors (Lipinski definition) is 5. The fourth-order valence-electron chi connectivity index (χ4n) is 2.73. The normalized spacial score (nSPS) is 11.6. The van der Waals surface area contributed by atoms with Gasteiger partial charge in [-0.2, -0.15) is 5.10 Å². The summed E-state index contributed by atoms with van der Waals surface area (Å²) in [5.74, 6) is -0.571. The first-order valence-corrected chi connectivity index (χ1v) is 12.1. The second-order valence-corrected chi connectivity index (χ2v) is 10.2. The number of aryl methyl sites for hydroxylation is 3. The van der Waals surface area contributed by atoms with Crippen LogP contribution < -0.4 is 9.73 Å². The van der Waals surface area contributed by atoms with E-state index in [0.29, 0.717) is 10.7 Å². The Morgan fingerprint density at radius 1 is 1.10 bits per heavy atom. The number of halogens is 1. The summed E-state index contributed by atoms with van der Waals surface area (Å²) >= 11 is 7.72. The Balaban J connectivity index is 1.89. The highest BCUT2D eigenvalue weighted by Crippen LogP contribution is 2.28. The minimum Gasteiger partial charge on any atom is -0.271 e. The van der Waals surface area contributed by atoms with Gasteiger partial charge in [0.25, 0.3) is 15.9 Å². The molecule has 9 heteroatoms. The molecule has 1 aromatic heterocycles. The second kappa shape index (κ2) is 9.64. The van der Waals surface area contributed by atoms with Crippen molar-refractivity contribution >= 4 is 50.8 Å². The molecule has 0 saturated heterocycles. The van der Waals surface area contributed by atoms with E-state index in [2.05, 4.69) is 10.5 Å². The number of carbonyl (C=O) groups is 1. The number of benzene rings is 2. The maximum absolute atomic E-state index is 13.3. The first kappa shape index (κ1) is 23.0. The van der Waals surface area contributed by atoms with Crippen LogP contribution in [0, 0.1) is 20.8 Å². The summed E-state index contributed by atoms with van der Waals surface area (Å²) in [5, 5.41) is 6.29. The van der Waals surface area contributed by atoms with Gasteiger partial charge in [-0.1, -0.05) is 35.4 Å². The van der Waals surface area contributed by atoms with Gasteiger partial charge >= 0.3 is 0 Å². The van der Waals surface area contributed by atoms with E-state index in [4.69, 9.17) is 11.6 Å². The van der Waals surface area contributed by atoms with Gasteiger partial charge in [-0.15, -0.1) is 11.3 Å². The molecule has 0 atom stereocenters. The first-order chi connectivity index (χ1) is 14.7. The molecule has 0 radical (unpaired) electrons. The van der Waals surface area contributed by atoms with Crippen molar-refractivity contribution in [3.8, 4) is 0 Å². The third-order valence-electron chi connectivity index (χ3n) is 4.61. The average molecular weight is 476 g/mol. The predicted octanol–water partition coefficient (Wildman–Crippen LogP) is 4.67. The molecule has 3 aromatic rings. The summed E-state index contributed by atoms with van der Waals surface area (Å²) in [6.45, 7) is 5.18. The van der Waals surface area contributed by atoms with E-state index in [9.17, 15) is 13.2 Å². The molecule has 1 N–H and O–H groups in total. The van der Waals surface area contributed by atoms with Crippen LogP contribution in [0.4, 0.5) is 5.69 Å². The summed E-state index contributed by atoms with van der Waals surface area (Å²) in [6, 6.07) is 13.3. The van der Waals surface area contributed by atoms with Gasteiger partial charge in [0.2, 0.25) is 0 Å². The number of anilines is 1. The molecule has 31 heavy (non-hydrogen) atoms. The maximum Gasteiger partial charge on any atom is 0.264 e. The summed E-state index contributed by atoms with van der Waals surface area (Å²) in [5.41, 5.74) is 5.48. The molecule has 0 aliphatic heterocycles. The lowest BCUT2D eigenvalue weighted by molar-refractivity contribution is -0.119. The number of nitrogens with one attached hydrogen (secondary N) is 1. The molecule has 0 unspecified atom stereocenters. The van der Waals surface area contributed by atoms with Gasteiger partial charge < -0.3 is 0 Å². The largest absolute Gasteiger partial charge is 0.271 e. The van der Waals surface area contributed by atoms with Gasteiger partial charge in [-0.25, -0.2) is 13.8 Å². The van der Waals surface area contributed by atoms with Crippen molar-refractivity contribution in [2.75, 3.05) is 10.8 Å². The Morgan fingerprint density at radius 3 is 2.42 bits per heavy atom. The quantitative estimate of drug-likeness (QED) is 0.398. The molecule has 0 aliphatic carbocycles. The Labute approximate surface area is 191 Å². The Hall–Kier alpha value is -2.68. The fraction of sp³-hybridized carbons (Fsp3) is 0.182. The molecule has 2 aromatic carbocycles. The van der Waals surface area contributed by atoms with Crippen molar-refractivity contribution in [1.29, 1.82) is 0 Å². The van der Waals surface area contributed by atoms with Crippen LogP contribution in [-0.4, -0.2) is 27.1 Å². The molecule has 0 bridgehead atoms. The minimum atomic E-state index is -4.01. The van der Waals surface area contributed by atoms with E-state index in [1.54, 1.807) is 30.5 Å². The van der Waals surface area contributed by atoms with E-state index in [-0.39, 0.29) is 4.90 Å². The van der Waals surface area contributed by atoms with Gasteiger partial charge in [0, 0.05) is 9.90 Å². The highest BCUT2D eigenvalue weighted by atomic mass is 35.5. The molecular formula is C22H22ClN3O3S2. The number of thiophene rings is 1. The molecule has 0 fully saturated rings. The fourth-order valence-corrected chi connectivity index (χ4v) is 5.11. The van der Waals surface area contributed by atoms with E-state index >= 15 is 0 Å². The van der Waals surface area contributed by atoms with Crippen LogP contribution in [-0.2, 0) is 14.8 Å². The monoisotopic (exact) mass is 475 g/mol. The van der Waals surface area contributed by atoms with Crippen LogP contribution in [0.1, 0.15) is 21.6 Å². The van der Waals surface area contributed by atoms with Crippen LogP contribution in [0.3, 0.4) is 0 Å². The number of amides is 1. The zero-order valence-electron chi connectivity index (χ0n) is 17.3. The van der Waals surface area contributed by atoms with Crippen LogP contribution in [0.5, 0.6) is 0 Å². The topological polar surface area (TPSA) is 78.8 Å². The van der Waals surface area contributed by atoms with Gasteiger partial charge in [0.15, 0.2) is 0 Å². The Morgan fingerprint density at radius 2 is 1.81 bits per heavy atom. The summed E-state index contributed by atoms with van der Waals surface area (Å²) in [4.78, 5) is 13.6. The van der Waals surface area contributed by atoms with Gasteiger partial charge in [0.1, 0.15) is 6.54 Å². The summed E-state index contributed by atoms with van der Waals surface area (Å²) in [7, 11) is -4.01. The van der Waals surface area contributed by atoms with Crippen molar-refractivity contribution in [3.63, 3.8) is 0 Å². The second-order valence-electron chi connectivity index (χ2n) is 7.02. The summed E-state index contributed by atoms with van der Waals surface area (Å²) < 4.78 is 27.7. The third-order valence-corrected chi connectivity index (χ3v) is 7.76. The van der Waals surface area contributed by atoms with Crippen molar-refractivity contribution in [3.05, 3.63) is 80.5 Å². The molecule has 1 heterocycles. The van der Waals surface area contributed by atoms with Crippen LogP contribution >= 0.6 is 22.9 Å². The molecule has 0 saturated carbocycles. The van der Waals surface area contributed by atoms with Crippen molar-refractivity contribution in [2.45, 2.75) is 25.7 Å². The van der Waals surface area contributed by atoms with Gasteiger partial charge in [0.05, 0.1) is 16.8 Å². The van der Waals surface area contributed by atoms with Gasteiger partial charge in [-0.3, -0.25) is 9.10 Å². The zero-order valence-corrected chi connectivity index (χ0v) is 19.7. The number of rotatable bonds is 7. The molecular weight excluding hydrogens is 454 g/mol. The maximum atomic E-state index is 13.3. The van der Waals surface area contributed by atoms with Gasteiger partial charge in [-0.05, 0) is 67.6 Å². The van der Waals surface area contributed by atoms with Crippen molar-refractivity contribution in [2.24, 2.45) is 5.10 Å². The first-order valence-electron chi connectivity index (χ1n) is 9.40. The van der Waals surface area contributed by atoms with Crippen LogP contribution in [0.15, 0.2) is 63.9 Å². The zero-order chi connectivity index (χ0) is 22.6. The molecule has 0 spiro atoms. The molecule has 1 amide bonds. The smallest absolute Gasteiger partial charge is 0.264 e. The van der Waals surface area contributed by atoms with Crippen molar-refractivity contribution < 1.29 is 13.2 Å². The number of hydrogen-bond donors (Lipinski definition) is 1. The predicted molar refractivity (Wildman–Crippen MR) is 127 cm³/mol. The molecule has 3 rings (SSSR count). The highest BCUT2D eigenvalue weighted by molar-refractivity contribution is 7.92. The average Bonchev–Trinajstić information content (AvgIpc) is 3.13. The third kappa shape index (κ3) is 5.52. The number of hydrazone groups is 1. The highest BCUT2D eigenvalue weighted by Gasteiger charge is 2.27. The lowest BCUT2D eigenvalue weighted by Gasteiger charge is -2.24. The Kier molecular flexibility index (Phi) is 7.15. The summed E-state index contributed by atoms with van der Waals surface area (Å²) in [6.07, 6.45) is 1.54. The molecule has 0 aliphatic rings. The molecule has 162 valence electrons. The van der Waals surface area contributed by atoms with Crippen molar-refractivity contribution in [1.82, 2.24) is 5.43 Å². The lowest BCUT2D eigenvalue weighted by atomic mass is 10.2.